The zero-order valence-electron chi connectivity index (χ0n) is 28.0. The Morgan fingerprint density at radius 3 is 2.38 bits per heavy atom. The average Bonchev–Trinajstić information content (AvgIpc) is 3.60. The van der Waals surface area contributed by atoms with Crippen LogP contribution in [0.3, 0.4) is 0 Å². The van der Waals surface area contributed by atoms with Crippen molar-refractivity contribution in [3.05, 3.63) is 124 Å². The van der Waals surface area contributed by atoms with Crippen LogP contribution >= 0.6 is 0 Å². The third-order valence-electron chi connectivity index (χ3n) is 8.93. The van der Waals surface area contributed by atoms with Crippen molar-refractivity contribution < 1.29 is 32.3 Å². The number of alkyl halides is 3. The Bertz CT molecular complexity index is 2230. The highest BCUT2D eigenvalue weighted by atomic mass is 19.4. The van der Waals surface area contributed by atoms with Crippen LogP contribution in [0, 0.1) is 13.8 Å². The molecule has 0 spiro atoms. The molecular weight excluding hydrogens is 675 g/mol. The summed E-state index contributed by atoms with van der Waals surface area (Å²) in [6.45, 7) is 5.98. The van der Waals surface area contributed by atoms with E-state index in [4.69, 9.17) is 4.74 Å². The lowest BCUT2D eigenvalue weighted by atomic mass is 10.0. The first-order valence-electron chi connectivity index (χ1n) is 16.4. The number of hydrogen-bond acceptors (Lipinski definition) is 7. The zero-order valence-corrected chi connectivity index (χ0v) is 28.0. The molecule has 1 saturated heterocycles. The fourth-order valence-corrected chi connectivity index (χ4v) is 6.30. The summed E-state index contributed by atoms with van der Waals surface area (Å²) in [5.41, 5.74) is 3.53. The fourth-order valence-electron chi connectivity index (χ4n) is 6.30. The van der Waals surface area contributed by atoms with E-state index in [1.165, 1.54) is 18.2 Å². The Morgan fingerprint density at radius 2 is 1.63 bits per heavy atom. The normalized spacial score (nSPS) is 15.0. The van der Waals surface area contributed by atoms with Crippen LogP contribution in [0.2, 0.25) is 0 Å². The molecule has 52 heavy (non-hydrogen) atoms. The van der Waals surface area contributed by atoms with Gasteiger partial charge in [0.05, 0.1) is 22.4 Å². The van der Waals surface area contributed by atoms with Crippen LogP contribution in [0.5, 0.6) is 11.5 Å². The highest BCUT2D eigenvalue weighted by Gasteiger charge is 2.31. The van der Waals surface area contributed by atoms with Crippen LogP contribution in [0.4, 0.5) is 30.5 Å². The number of aryl methyl sites for hydroxylation is 1. The molecule has 3 amide bonds. The number of hydrogen-bond donors (Lipinski definition) is 3. The molecule has 7 rings (SSSR count). The van der Waals surface area contributed by atoms with Crippen molar-refractivity contribution in [1.82, 2.24) is 19.9 Å². The summed E-state index contributed by atoms with van der Waals surface area (Å²) in [6, 6.07) is 17.5. The van der Waals surface area contributed by atoms with Gasteiger partial charge in [0, 0.05) is 78.9 Å². The number of carbonyl (C=O) groups is 3. The van der Waals surface area contributed by atoms with Crippen LogP contribution in [-0.4, -0.2) is 63.8 Å². The molecule has 264 valence electrons. The number of aromatic nitrogens is 3. The number of nitrogens with one attached hydrogen (secondary N) is 3. The lowest BCUT2D eigenvalue weighted by Crippen LogP contribution is -2.49. The third kappa shape index (κ3) is 6.95. The van der Waals surface area contributed by atoms with E-state index in [2.05, 4.69) is 25.6 Å². The number of carbonyl (C=O) groups excluding carboxylic acids is 3. The maximum absolute atomic E-state index is 13.7. The minimum absolute atomic E-state index is 0.0816. The number of rotatable bonds is 7. The quantitative estimate of drug-likeness (QED) is 0.156. The minimum Gasteiger partial charge on any atom is -0.457 e. The highest BCUT2D eigenvalue weighted by molar-refractivity contribution is 6.35. The maximum Gasteiger partial charge on any atom is 0.416 e. The topological polar surface area (TPSA) is 133 Å². The summed E-state index contributed by atoms with van der Waals surface area (Å²) in [6.07, 6.45) is 0.557. The van der Waals surface area contributed by atoms with E-state index in [0.29, 0.717) is 83.1 Å². The van der Waals surface area contributed by atoms with E-state index in [-0.39, 0.29) is 17.4 Å². The summed E-state index contributed by atoms with van der Waals surface area (Å²) in [4.78, 5) is 55.3. The molecule has 0 bridgehead atoms. The van der Waals surface area contributed by atoms with Crippen LogP contribution in [0.25, 0.3) is 11.6 Å². The molecule has 0 radical (unpaired) electrons. The molecule has 3 N–H and O–H groups in total. The molecule has 14 heteroatoms. The van der Waals surface area contributed by atoms with Crippen molar-refractivity contribution >= 4 is 46.7 Å². The summed E-state index contributed by atoms with van der Waals surface area (Å²) in [7, 11) is 0. The van der Waals surface area contributed by atoms with E-state index in [1.807, 2.05) is 23.6 Å². The second-order valence-corrected chi connectivity index (χ2v) is 12.4. The number of ether oxygens (including phenoxy) is 1. The SMILES string of the molecule is Cc1[nH]c(C=C2C(=O)Nc3cc(Oc4cccc(NC(=O)c5cccc(C(F)(F)F)c5)c4)ccc32)c(C)c1C(=O)N1CCN(c2ncccn2)CC1. The van der Waals surface area contributed by atoms with E-state index in [9.17, 15) is 27.6 Å². The number of nitrogens with zero attached hydrogens (tertiary/aromatic N) is 4. The predicted molar refractivity (Wildman–Crippen MR) is 189 cm³/mol. The largest absolute Gasteiger partial charge is 0.457 e. The minimum atomic E-state index is -4.57. The van der Waals surface area contributed by atoms with Gasteiger partial charge < -0.3 is 30.2 Å². The molecule has 2 aliphatic heterocycles. The molecule has 3 aromatic carbocycles. The Hall–Kier alpha value is -6.44. The molecule has 4 heterocycles. The van der Waals surface area contributed by atoms with Gasteiger partial charge >= 0.3 is 6.18 Å². The molecule has 5 aromatic rings. The van der Waals surface area contributed by atoms with Crippen molar-refractivity contribution in [2.24, 2.45) is 0 Å². The predicted octanol–water partition coefficient (Wildman–Crippen LogP) is 6.94. The molecule has 0 aliphatic carbocycles. The van der Waals surface area contributed by atoms with Gasteiger partial charge in [0.25, 0.3) is 17.7 Å². The smallest absolute Gasteiger partial charge is 0.416 e. The fraction of sp³-hybridized carbons (Fsp3) is 0.184. The van der Waals surface area contributed by atoms with Gasteiger partial charge in [0.2, 0.25) is 5.95 Å². The average molecular weight is 708 g/mol. The molecule has 2 aliphatic rings. The molecule has 11 nitrogen and oxygen atoms in total. The first-order chi connectivity index (χ1) is 24.9. The van der Waals surface area contributed by atoms with E-state index < -0.39 is 17.6 Å². The molecular formula is C38H32F3N7O4. The maximum atomic E-state index is 13.7. The Balaban J connectivity index is 1.04. The summed E-state index contributed by atoms with van der Waals surface area (Å²) >= 11 is 0. The van der Waals surface area contributed by atoms with Gasteiger partial charge in [-0.2, -0.15) is 13.2 Å². The number of piperazine rings is 1. The lowest BCUT2D eigenvalue weighted by molar-refractivity contribution is -0.137. The molecule has 1 fully saturated rings. The van der Waals surface area contributed by atoms with E-state index in [1.54, 1.807) is 60.9 Å². The molecule has 0 saturated carbocycles. The Kier molecular flexibility index (Phi) is 8.97. The number of anilines is 3. The molecule has 0 atom stereocenters. The third-order valence-corrected chi connectivity index (χ3v) is 8.93. The van der Waals surface area contributed by atoms with Crippen molar-refractivity contribution in [2.45, 2.75) is 20.0 Å². The zero-order chi connectivity index (χ0) is 36.6. The van der Waals surface area contributed by atoms with Crippen LogP contribution in [-0.2, 0) is 11.0 Å². The number of amides is 3. The van der Waals surface area contributed by atoms with E-state index >= 15 is 0 Å². The lowest BCUT2D eigenvalue weighted by Gasteiger charge is -2.34. The number of halogens is 3. The van der Waals surface area contributed by atoms with Gasteiger partial charge in [-0.3, -0.25) is 14.4 Å². The standard InChI is InChI=1S/C38H32F3N7O4/c1-22-31(44-23(2)33(22)36(51)47-14-16-48(17-15-47)37-42-12-5-13-43-37)21-30-29-11-10-28(20-32(29)46-35(30)50)52-27-9-4-8-26(19-27)45-34(49)24-6-3-7-25(18-24)38(39,40)41/h3-13,18-21,44H,14-17H2,1-2H3,(H,45,49)(H,46,50). The van der Waals surface area contributed by atoms with Crippen LogP contribution in [0.15, 0.2) is 85.2 Å². The Labute approximate surface area is 296 Å². The summed E-state index contributed by atoms with van der Waals surface area (Å²) in [5, 5.41) is 5.47. The summed E-state index contributed by atoms with van der Waals surface area (Å²) < 4.78 is 45.4. The second-order valence-electron chi connectivity index (χ2n) is 12.4. The van der Waals surface area contributed by atoms with Crippen LogP contribution < -0.4 is 20.3 Å². The van der Waals surface area contributed by atoms with Crippen molar-refractivity contribution in [2.75, 3.05) is 41.7 Å². The molecule has 0 unspecified atom stereocenters. The monoisotopic (exact) mass is 707 g/mol. The number of fused-ring (bicyclic) bond motifs is 1. The van der Waals surface area contributed by atoms with Crippen molar-refractivity contribution in [3.8, 4) is 11.5 Å². The first kappa shape index (κ1) is 34.0. The van der Waals surface area contributed by atoms with Gasteiger partial charge in [-0.05, 0) is 74.0 Å². The van der Waals surface area contributed by atoms with E-state index in [0.717, 1.165) is 17.7 Å². The van der Waals surface area contributed by atoms with Crippen LogP contribution in [0.1, 0.15) is 48.8 Å². The van der Waals surface area contributed by atoms with Crippen molar-refractivity contribution in [1.29, 1.82) is 0 Å². The van der Waals surface area contributed by atoms with Gasteiger partial charge in [0.1, 0.15) is 11.5 Å². The number of H-pyrrole nitrogens is 1. The summed E-state index contributed by atoms with van der Waals surface area (Å²) in [5.74, 6) is 0.295. The van der Waals surface area contributed by atoms with Crippen molar-refractivity contribution in [3.63, 3.8) is 0 Å². The van der Waals surface area contributed by atoms with Gasteiger partial charge in [-0.15, -0.1) is 0 Å². The van der Waals surface area contributed by atoms with Gasteiger partial charge in [-0.1, -0.05) is 12.1 Å². The van der Waals surface area contributed by atoms with Gasteiger partial charge in [-0.25, -0.2) is 9.97 Å². The first-order valence-corrected chi connectivity index (χ1v) is 16.4. The highest BCUT2D eigenvalue weighted by Crippen LogP contribution is 2.38. The molecule has 2 aromatic heterocycles. The van der Waals surface area contributed by atoms with Gasteiger partial charge in [0.15, 0.2) is 0 Å². The number of aromatic amines is 1. The second kappa shape index (κ2) is 13.7. The number of benzene rings is 3. The Morgan fingerprint density at radius 1 is 0.904 bits per heavy atom.